The number of rotatable bonds is 7. The minimum absolute atomic E-state index is 0.0353. The van der Waals surface area contributed by atoms with Crippen molar-refractivity contribution in [3.8, 4) is 17.6 Å². The Hall–Kier alpha value is -3.77. The number of nitrogens with zero attached hydrogens (tertiary/aromatic N) is 4. The summed E-state index contributed by atoms with van der Waals surface area (Å²) in [6.07, 6.45) is 1.91. The van der Waals surface area contributed by atoms with Crippen molar-refractivity contribution in [2.75, 3.05) is 51.5 Å². The fraction of sp³-hybridized carbons (Fsp3) is 0.400. The van der Waals surface area contributed by atoms with Gasteiger partial charge in [-0.05, 0) is 31.5 Å². The van der Waals surface area contributed by atoms with Crippen LogP contribution in [0.25, 0.3) is 5.65 Å². The highest BCUT2D eigenvalue weighted by atomic mass is 32.2. The first-order valence-electron chi connectivity index (χ1n) is 12.0. The maximum absolute atomic E-state index is 14.6. The summed E-state index contributed by atoms with van der Waals surface area (Å²) in [5.74, 6) is 3.99. The number of piperidine rings is 1. The summed E-state index contributed by atoms with van der Waals surface area (Å²) in [6, 6.07) is 1.80. The predicted molar refractivity (Wildman–Crippen MR) is 141 cm³/mol. The van der Waals surface area contributed by atoms with Crippen molar-refractivity contribution in [2.45, 2.75) is 29.2 Å². The number of carbonyl (C=O) groups is 1. The molecule has 1 saturated heterocycles. The van der Waals surface area contributed by atoms with E-state index < -0.39 is 29.4 Å². The molecule has 1 aliphatic heterocycles. The normalized spacial score (nSPS) is 17.7. The molecule has 40 heavy (non-hydrogen) atoms. The van der Waals surface area contributed by atoms with Crippen molar-refractivity contribution in [3.05, 3.63) is 41.6 Å². The number of amides is 1. The van der Waals surface area contributed by atoms with Gasteiger partial charge in [-0.2, -0.15) is 13.2 Å². The predicted octanol–water partition coefficient (Wildman–Crippen LogP) is 3.77. The molecule has 0 radical (unpaired) electrons. The highest BCUT2D eigenvalue weighted by Crippen LogP contribution is 2.39. The van der Waals surface area contributed by atoms with E-state index in [-0.39, 0.29) is 64.0 Å². The molecule has 1 amide bonds. The van der Waals surface area contributed by atoms with E-state index in [1.807, 2.05) is 11.9 Å². The van der Waals surface area contributed by atoms with E-state index in [9.17, 15) is 26.7 Å². The Morgan fingerprint density at radius 1 is 1.32 bits per heavy atom. The van der Waals surface area contributed by atoms with Crippen LogP contribution < -0.4 is 20.7 Å². The number of thioether (sulfide) groups is 1. The topological polar surface area (TPSA) is 95.8 Å². The van der Waals surface area contributed by atoms with Gasteiger partial charge in [0.1, 0.15) is 16.9 Å². The first-order valence-corrected chi connectivity index (χ1v) is 12.9. The number of nitrogens with one attached hydrogen (secondary N) is 3. The molecule has 15 heteroatoms. The van der Waals surface area contributed by atoms with Gasteiger partial charge in [-0.15, -0.1) is 0 Å². The minimum Gasteiger partial charge on any atom is -0.492 e. The van der Waals surface area contributed by atoms with E-state index in [0.29, 0.717) is 13.0 Å². The highest BCUT2D eigenvalue weighted by Gasteiger charge is 2.34. The molecule has 2 atom stereocenters. The van der Waals surface area contributed by atoms with E-state index in [0.717, 1.165) is 6.07 Å². The number of aromatic nitrogens is 3. The molecule has 3 aromatic rings. The zero-order valence-corrected chi connectivity index (χ0v) is 22.5. The Balaban J connectivity index is 1.63. The number of imidazole rings is 1. The zero-order valence-electron chi connectivity index (χ0n) is 21.7. The summed E-state index contributed by atoms with van der Waals surface area (Å²) in [4.78, 5) is 22.3. The quantitative estimate of drug-likeness (QED) is 0.220. The van der Waals surface area contributed by atoms with Crippen LogP contribution in [0.4, 0.5) is 33.5 Å². The summed E-state index contributed by atoms with van der Waals surface area (Å²) in [5.41, 5.74) is -4.57. The van der Waals surface area contributed by atoms with Gasteiger partial charge in [-0.1, -0.05) is 5.92 Å². The number of fused-ring (bicyclic) bond motifs is 1. The molecule has 1 aromatic carbocycles. The van der Waals surface area contributed by atoms with Gasteiger partial charge in [-0.25, -0.2) is 18.7 Å². The van der Waals surface area contributed by atoms with Gasteiger partial charge in [0, 0.05) is 49.9 Å². The average Bonchev–Trinajstić information content (AvgIpc) is 3.24. The lowest BCUT2D eigenvalue weighted by Crippen LogP contribution is -2.46. The summed E-state index contributed by atoms with van der Waals surface area (Å²) in [5, 5.41) is 7.92. The lowest BCUT2D eigenvalue weighted by atomic mass is 10.0. The summed E-state index contributed by atoms with van der Waals surface area (Å²) in [6.45, 7) is 0.726. The summed E-state index contributed by atoms with van der Waals surface area (Å²) < 4.78 is 75.6. The molecule has 0 saturated carbocycles. The standard InChI is InChI=1S/C25H26F5N7O2S/c1-31-23(38)14-11-15(26)20(39-3)19(12-14)32-7-4-5-18-24(40-25(28,29)30)37-10-8-33-21(22(37)35-18)34-17-6-9-36(2)13-16(17)27/h8,10-12,16-17,32H,6-7,9,13H2,1-3H3,(H,31,38)(H,33,34)/t16-,17+/m0/s1. The van der Waals surface area contributed by atoms with Gasteiger partial charge < -0.3 is 25.6 Å². The van der Waals surface area contributed by atoms with Crippen LogP contribution in [0, 0.1) is 17.7 Å². The zero-order chi connectivity index (χ0) is 29.0. The number of halogens is 5. The molecule has 0 aliphatic carbocycles. The molecule has 0 unspecified atom stereocenters. The number of ether oxygens (including phenoxy) is 1. The maximum atomic E-state index is 14.6. The molecule has 214 valence electrons. The van der Waals surface area contributed by atoms with Gasteiger partial charge in [0.2, 0.25) is 0 Å². The van der Waals surface area contributed by atoms with E-state index in [1.165, 1.54) is 37.0 Å². The molecule has 3 heterocycles. The Morgan fingerprint density at radius 2 is 2.10 bits per heavy atom. The van der Waals surface area contributed by atoms with Gasteiger partial charge in [0.25, 0.3) is 5.91 Å². The second-order valence-electron chi connectivity index (χ2n) is 8.87. The monoisotopic (exact) mass is 583 g/mol. The molecule has 2 aromatic heterocycles. The van der Waals surface area contributed by atoms with Crippen LogP contribution in [0.3, 0.4) is 0 Å². The van der Waals surface area contributed by atoms with Crippen molar-refractivity contribution in [3.63, 3.8) is 0 Å². The Bertz CT molecular complexity index is 1450. The van der Waals surface area contributed by atoms with Crippen LogP contribution in [0.5, 0.6) is 5.75 Å². The van der Waals surface area contributed by atoms with E-state index in [4.69, 9.17) is 4.74 Å². The summed E-state index contributed by atoms with van der Waals surface area (Å²) >= 11 is -0.384. The van der Waals surface area contributed by atoms with Gasteiger partial charge in [-0.3, -0.25) is 9.20 Å². The molecule has 4 rings (SSSR count). The molecule has 1 aliphatic rings. The van der Waals surface area contributed by atoms with Crippen LogP contribution in [0.2, 0.25) is 0 Å². The third kappa shape index (κ3) is 6.68. The van der Waals surface area contributed by atoms with Crippen LogP contribution in [-0.4, -0.2) is 83.7 Å². The fourth-order valence-corrected chi connectivity index (χ4v) is 4.87. The molecule has 3 N–H and O–H groups in total. The fourth-order valence-electron chi connectivity index (χ4n) is 4.22. The van der Waals surface area contributed by atoms with Crippen LogP contribution in [0.15, 0.2) is 29.6 Å². The van der Waals surface area contributed by atoms with Crippen molar-refractivity contribution in [1.29, 1.82) is 0 Å². The van der Waals surface area contributed by atoms with E-state index in [1.54, 1.807) is 0 Å². The molecule has 9 nitrogen and oxygen atoms in total. The third-order valence-corrected chi connectivity index (χ3v) is 6.90. The van der Waals surface area contributed by atoms with E-state index in [2.05, 4.69) is 37.8 Å². The SMILES string of the molecule is CNC(=O)c1cc(F)c(OC)c(NCC#Cc2nc3c(N[C@@H]4CCN(C)C[C@@H]4F)nccn3c2SC(F)(F)F)c1. The number of benzene rings is 1. The first kappa shape index (κ1) is 29.2. The Morgan fingerprint density at radius 3 is 2.77 bits per heavy atom. The second kappa shape index (κ2) is 12.2. The molecule has 0 bridgehead atoms. The lowest BCUT2D eigenvalue weighted by molar-refractivity contribution is -0.0330. The van der Waals surface area contributed by atoms with Gasteiger partial charge in [0.05, 0.1) is 25.4 Å². The Kier molecular flexibility index (Phi) is 8.89. The average molecular weight is 584 g/mol. The largest absolute Gasteiger partial charge is 0.492 e. The first-order chi connectivity index (χ1) is 19.0. The van der Waals surface area contributed by atoms with Crippen molar-refractivity contribution < 1.29 is 31.5 Å². The Labute approximate surface area is 230 Å². The van der Waals surface area contributed by atoms with Crippen LogP contribution in [0.1, 0.15) is 22.5 Å². The molecule has 0 spiro atoms. The smallest absolute Gasteiger partial charge is 0.447 e. The minimum atomic E-state index is -4.63. The number of anilines is 2. The van der Waals surface area contributed by atoms with E-state index >= 15 is 0 Å². The number of hydrogen-bond donors (Lipinski definition) is 3. The number of alkyl halides is 4. The van der Waals surface area contributed by atoms with Crippen molar-refractivity contribution in [2.24, 2.45) is 0 Å². The number of carbonyl (C=O) groups excluding carboxylic acids is 1. The van der Waals surface area contributed by atoms with Crippen molar-refractivity contribution >= 4 is 34.8 Å². The van der Waals surface area contributed by atoms with Gasteiger partial charge >= 0.3 is 5.51 Å². The van der Waals surface area contributed by atoms with Crippen LogP contribution in [-0.2, 0) is 0 Å². The number of likely N-dealkylation sites (tertiary alicyclic amines) is 1. The van der Waals surface area contributed by atoms with Crippen molar-refractivity contribution in [1.82, 2.24) is 24.6 Å². The molecule has 1 fully saturated rings. The third-order valence-electron chi connectivity index (χ3n) is 6.09. The number of methoxy groups -OCH3 is 1. The van der Waals surface area contributed by atoms with Gasteiger partial charge in [0.15, 0.2) is 23.0 Å². The van der Waals surface area contributed by atoms with Crippen LogP contribution >= 0.6 is 11.8 Å². The molecular formula is C25H26F5N7O2S. The lowest BCUT2D eigenvalue weighted by Gasteiger charge is -2.32. The second-order valence-corrected chi connectivity index (χ2v) is 9.93. The number of hydrogen-bond acceptors (Lipinski definition) is 8. The summed E-state index contributed by atoms with van der Waals surface area (Å²) in [7, 11) is 4.46. The molecular weight excluding hydrogens is 557 g/mol. The maximum Gasteiger partial charge on any atom is 0.447 e. The highest BCUT2D eigenvalue weighted by molar-refractivity contribution is 8.00.